The van der Waals surface area contributed by atoms with Gasteiger partial charge < -0.3 is 10.3 Å². The number of benzene rings is 2. The predicted octanol–water partition coefficient (Wildman–Crippen LogP) is 6.98. The van der Waals surface area contributed by atoms with E-state index >= 15 is 0 Å². The molecule has 4 aliphatic rings. The molecular weight excluding hydrogens is 470 g/mol. The van der Waals surface area contributed by atoms with Crippen LogP contribution < -0.4 is 5.32 Å². The summed E-state index contributed by atoms with van der Waals surface area (Å²) in [6.07, 6.45) is 8.98. The zero-order chi connectivity index (χ0) is 23.8. The van der Waals surface area contributed by atoms with E-state index in [1.54, 1.807) is 11.8 Å². The van der Waals surface area contributed by atoms with Crippen LogP contribution in [0.25, 0.3) is 11.0 Å². The number of nitrogens with one attached hydrogen (secondary N) is 2. The quantitative estimate of drug-likeness (QED) is 0.243. The summed E-state index contributed by atoms with van der Waals surface area (Å²) in [5, 5.41) is 4.21. The van der Waals surface area contributed by atoms with Gasteiger partial charge in [-0.3, -0.25) is 4.79 Å². The molecule has 6 heteroatoms. The molecule has 2 aromatic carbocycles. The summed E-state index contributed by atoms with van der Waals surface area (Å²) in [6.45, 7) is 2.95. The van der Waals surface area contributed by atoms with Gasteiger partial charge in [-0.1, -0.05) is 36.0 Å². The summed E-state index contributed by atoms with van der Waals surface area (Å²) in [4.78, 5) is 22.2. The van der Waals surface area contributed by atoms with Crippen LogP contribution in [0.2, 0.25) is 0 Å². The minimum Gasteiger partial charge on any atom is -0.355 e. The summed E-state index contributed by atoms with van der Waals surface area (Å²) in [7, 11) is 0. The van der Waals surface area contributed by atoms with Crippen molar-refractivity contribution in [2.75, 3.05) is 12.3 Å². The molecular formula is C29H35N3OS2. The van der Waals surface area contributed by atoms with E-state index in [1.807, 2.05) is 30.0 Å². The Labute approximate surface area is 216 Å². The molecule has 2 N–H and O–H groups in total. The summed E-state index contributed by atoms with van der Waals surface area (Å²) >= 11 is 3.60. The number of imidazole rings is 1. The first kappa shape index (κ1) is 23.5. The molecule has 1 aromatic heterocycles. The average Bonchev–Trinajstić information content (AvgIpc) is 3.24. The number of rotatable bonds is 9. The second kappa shape index (κ2) is 9.85. The number of H-pyrrole nitrogens is 1. The molecule has 0 saturated heterocycles. The van der Waals surface area contributed by atoms with Crippen molar-refractivity contribution in [3.8, 4) is 0 Å². The first-order valence-electron chi connectivity index (χ1n) is 13.1. The number of hydrogen-bond donors (Lipinski definition) is 2. The van der Waals surface area contributed by atoms with Crippen molar-refractivity contribution in [2.24, 2.45) is 23.2 Å². The summed E-state index contributed by atoms with van der Waals surface area (Å²) in [5.74, 6) is 4.80. The largest absolute Gasteiger partial charge is 0.355 e. The monoisotopic (exact) mass is 505 g/mol. The Morgan fingerprint density at radius 3 is 2.51 bits per heavy atom. The van der Waals surface area contributed by atoms with E-state index in [-0.39, 0.29) is 5.91 Å². The van der Waals surface area contributed by atoms with E-state index in [2.05, 4.69) is 46.5 Å². The minimum atomic E-state index is 0.278. The van der Waals surface area contributed by atoms with Crippen LogP contribution in [0.3, 0.4) is 0 Å². The number of fused-ring (bicyclic) bond motifs is 1. The maximum atomic E-state index is 12.8. The lowest BCUT2D eigenvalue weighted by molar-refractivity contribution is -0.129. The van der Waals surface area contributed by atoms with Crippen LogP contribution in [0.4, 0.5) is 0 Å². The number of thioether (sulfide) groups is 2. The third-order valence-corrected chi connectivity index (χ3v) is 10.6. The number of hydrogen-bond acceptors (Lipinski definition) is 4. The number of nitrogens with zero attached hydrogens (tertiary/aromatic N) is 1. The Morgan fingerprint density at radius 2 is 1.77 bits per heavy atom. The van der Waals surface area contributed by atoms with Gasteiger partial charge in [0.05, 0.1) is 11.0 Å². The van der Waals surface area contributed by atoms with Crippen molar-refractivity contribution in [1.82, 2.24) is 15.3 Å². The van der Waals surface area contributed by atoms with Crippen molar-refractivity contribution in [1.29, 1.82) is 0 Å². The molecule has 1 heterocycles. The molecule has 4 aliphatic carbocycles. The molecule has 4 bridgehead atoms. The van der Waals surface area contributed by atoms with E-state index in [0.29, 0.717) is 5.41 Å². The number of amides is 1. The number of aromatic nitrogens is 2. The smallest absolute Gasteiger partial charge is 0.220 e. The number of para-hydroxylation sites is 2. The Bertz CT molecular complexity index is 1150. The second-order valence-electron chi connectivity index (χ2n) is 11.2. The molecule has 4 fully saturated rings. The van der Waals surface area contributed by atoms with Crippen molar-refractivity contribution in [3.05, 3.63) is 53.6 Å². The molecule has 4 nitrogen and oxygen atoms in total. The van der Waals surface area contributed by atoms with E-state index in [1.165, 1.54) is 54.5 Å². The van der Waals surface area contributed by atoms with Crippen LogP contribution >= 0.6 is 23.5 Å². The van der Waals surface area contributed by atoms with E-state index < -0.39 is 0 Å². The van der Waals surface area contributed by atoms with Crippen molar-refractivity contribution in [2.45, 2.75) is 67.7 Å². The van der Waals surface area contributed by atoms with Gasteiger partial charge >= 0.3 is 0 Å². The molecule has 0 atom stereocenters. The van der Waals surface area contributed by atoms with Crippen LogP contribution in [-0.4, -0.2) is 28.2 Å². The predicted molar refractivity (Wildman–Crippen MR) is 146 cm³/mol. The van der Waals surface area contributed by atoms with E-state index in [0.717, 1.165) is 58.4 Å². The Kier molecular flexibility index (Phi) is 6.61. The number of carbonyl (C=O) groups is 1. The Morgan fingerprint density at radius 1 is 1.03 bits per heavy atom. The topological polar surface area (TPSA) is 57.8 Å². The fourth-order valence-electron chi connectivity index (χ4n) is 7.38. The SMILES string of the molecule is Cc1c(CSc2nc3ccccc3[nH]2)cccc1SCCNC(=O)CC12CC3CC(CC(C3)C1)C2. The third kappa shape index (κ3) is 5.15. The van der Waals surface area contributed by atoms with Gasteiger partial charge in [-0.05, 0) is 97.9 Å². The molecule has 0 aliphatic heterocycles. The van der Waals surface area contributed by atoms with Crippen LogP contribution in [-0.2, 0) is 10.5 Å². The van der Waals surface area contributed by atoms with Crippen molar-refractivity contribution >= 4 is 40.5 Å². The highest BCUT2D eigenvalue weighted by molar-refractivity contribution is 7.99. The highest BCUT2D eigenvalue weighted by Gasteiger charge is 2.51. The van der Waals surface area contributed by atoms with Gasteiger partial charge in [-0.2, -0.15) is 0 Å². The van der Waals surface area contributed by atoms with E-state index in [9.17, 15) is 4.79 Å². The molecule has 0 radical (unpaired) electrons. The van der Waals surface area contributed by atoms with Gasteiger partial charge in [0.25, 0.3) is 0 Å². The molecule has 3 aromatic rings. The lowest BCUT2D eigenvalue weighted by Gasteiger charge is -2.56. The highest BCUT2D eigenvalue weighted by atomic mass is 32.2. The maximum Gasteiger partial charge on any atom is 0.220 e. The van der Waals surface area contributed by atoms with Gasteiger partial charge in [0.15, 0.2) is 5.16 Å². The first-order valence-corrected chi connectivity index (χ1v) is 15.1. The molecule has 1 amide bonds. The third-order valence-electron chi connectivity index (χ3n) is 8.51. The molecule has 0 spiro atoms. The minimum absolute atomic E-state index is 0.278. The van der Waals surface area contributed by atoms with Gasteiger partial charge in [0.2, 0.25) is 5.91 Å². The first-order chi connectivity index (χ1) is 17.1. The lowest BCUT2D eigenvalue weighted by atomic mass is 9.49. The van der Waals surface area contributed by atoms with Crippen molar-refractivity contribution in [3.63, 3.8) is 0 Å². The highest BCUT2D eigenvalue weighted by Crippen LogP contribution is 2.61. The van der Waals surface area contributed by atoms with E-state index in [4.69, 9.17) is 0 Å². The van der Waals surface area contributed by atoms with Crippen LogP contribution in [0, 0.1) is 30.1 Å². The van der Waals surface area contributed by atoms with Gasteiger partial charge in [-0.15, -0.1) is 11.8 Å². The normalized spacial score (nSPS) is 26.9. The van der Waals surface area contributed by atoms with Gasteiger partial charge in [0, 0.05) is 29.4 Å². The zero-order valence-corrected chi connectivity index (χ0v) is 22.1. The summed E-state index contributed by atoms with van der Waals surface area (Å²) < 4.78 is 0. The molecule has 0 unspecified atom stereocenters. The Balaban J connectivity index is 0.981. The summed E-state index contributed by atoms with van der Waals surface area (Å²) in [6, 6.07) is 14.7. The average molecular weight is 506 g/mol. The van der Waals surface area contributed by atoms with Crippen LogP contribution in [0.1, 0.15) is 56.1 Å². The lowest BCUT2D eigenvalue weighted by Crippen LogP contribution is -2.48. The maximum absolute atomic E-state index is 12.8. The molecule has 7 rings (SSSR count). The van der Waals surface area contributed by atoms with Crippen molar-refractivity contribution < 1.29 is 4.79 Å². The zero-order valence-electron chi connectivity index (χ0n) is 20.5. The molecule has 4 saturated carbocycles. The fraction of sp³-hybridized carbons (Fsp3) is 0.517. The standard InChI is InChI=1S/C29H35N3OS2/c1-19-23(18-35-28-31-24-6-2-3-7-25(24)32-28)5-4-8-26(19)34-10-9-30-27(33)17-29-14-20-11-21(15-29)13-22(12-20)16-29/h2-8,20-22H,9-18H2,1H3,(H,30,33)(H,31,32). The van der Waals surface area contributed by atoms with Gasteiger partial charge in [-0.25, -0.2) is 4.98 Å². The van der Waals surface area contributed by atoms with Gasteiger partial charge in [0.1, 0.15) is 0 Å². The summed E-state index contributed by atoms with van der Waals surface area (Å²) in [5.41, 5.74) is 5.10. The fourth-order valence-corrected chi connectivity index (χ4v) is 9.27. The second-order valence-corrected chi connectivity index (χ2v) is 13.3. The number of carbonyl (C=O) groups excluding carboxylic acids is 1. The van der Waals surface area contributed by atoms with Crippen LogP contribution in [0.5, 0.6) is 0 Å². The molecule has 35 heavy (non-hydrogen) atoms. The molecule has 184 valence electrons. The number of aromatic amines is 1. The Hall–Kier alpha value is -1.92. The van der Waals surface area contributed by atoms with Crippen LogP contribution in [0.15, 0.2) is 52.5 Å².